The Hall–Kier alpha value is -3.79. The molecule has 0 saturated carbocycles. The highest BCUT2D eigenvalue weighted by Gasteiger charge is 2.34. The number of carbonyl (C=O) groups is 2. The third-order valence-corrected chi connectivity index (χ3v) is 8.14. The van der Waals surface area contributed by atoms with Crippen LogP contribution in [0.25, 0.3) is 21.8 Å². The summed E-state index contributed by atoms with van der Waals surface area (Å²) >= 11 is 0. The zero-order valence-electron chi connectivity index (χ0n) is 21.9. The van der Waals surface area contributed by atoms with Crippen LogP contribution in [0.2, 0.25) is 0 Å². The maximum atomic E-state index is 13.5. The predicted octanol–water partition coefficient (Wildman–Crippen LogP) is 3.66. The van der Waals surface area contributed by atoms with E-state index in [1.165, 1.54) is 12.8 Å². The molecule has 2 amide bonds. The molecule has 38 heavy (non-hydrogen) atoms. The van der Waals surface area contributed by atoms with Gasteiger partial charge in [0.25, 0.3) is 0 Å². The Kier molecular flexibility index (Phi) is 6.57. The fourth-order valence-electron chi connectivity index (χ4n) is 6.15. The van der Waals surface area contributed by atoms with Gasteiger partial charge < -0.3 is 15.1 Å². The Bertz CT molecular complexity index is 1480. The average molecular weight is 515 g/mol. The van der Waals surface area contributed by atoms with Gasteiger partial charge in [0.1, 0.15) is 0 Å². The van der Waals surface area contributed by atoms with Crippen LogP contribution in [-0.4, -0.2) is 73.7 Å². The lowest BCUT2D eigenvalue weighted by Gasteiger charge is -2.38. The minimum atomic E-state index is -0.663. The number of nitrogens with zero attached hydrogens (tertiary/aromatic N) is 5. The predicted molar refractivity (Wildman–Crippen MR) is 145 cm³/mol. The molecule has 198 valence electrons. The minimum absolute atomic E-state index is 0.174. The summed E-state index contributed by atoms with van der Waals surface area (Å²) in [5, 5.41) is 19.1. The molecular formula is C28H34N8O2. The number of anilines is 1. The van der Waals surface area contributed by atoms with E-state index in [0.717, 1.165) is 59.9 Å². The standard InChI is InChI=1S/C28H34N8O2/c1-17-5-8-25(19-6-7-20-12-30-33-22(20)11-19)36(15-17)28(38)27(37)32-24-14-29-23(21-13-31-34-26(21)24)10-18-4-3-9-35(2)16-18/h6-7,11-14,17-18,25H,3-5,8-10,15-16H2,1-2H3,(H,30,33)(H,31,34)(H,32,37)/t17-,18-,25+/m0/s1. The van der Waals surface area contributed by atoms with Gasteiger partial charge in [-0.3, -0.25) is 24.8 Å². The van der Waals surface area contributed by atoms with Crippen molar-refractivity contribution in [3.63, 3.8) is 0 Å². The molecule has 2 saturated heterocycles. The summed E-state index contributed by atoms with van der Waals surface area (Å²) in [5.41, 5.74) is 3.99. The van der Waals surface area contributed by atoms with Crippen LogP contribution >= 0.6 is 0 Å². The highest BCUT2D eigenvalue weighted by atomic mass is 16.2. The van der Waals surface area contributed by atoms with Gasteiger partial charge in [0.2, 0.25) is 0 Å². The molecule has 2 aliphatic rings. The normalized spacial score (nSPS) is 22.7. The van der Waals surface area contributed by atoms with E-state index in [9.17, 15) is 9.59 Å². The van der Waals surface area contributed by atoms with Crippen molar-refractivity contribution < 1.29 is 9.59 Å². The van der Waals surface area contributed by atoms with E-state index >= 15 is 0 Å². The van der Waals surface area contributed by atoms with Gasteiger partial charge >= 0.3 is 11.8 Å². The van der Waals surface area contributed by atoms with E-state index in [-0.39, 0.29) is 6.04 Å². The molecule has 2 aliphatic heterocycles. The van der Waals surface area contributed by atoms with Crippen LogP contribution in [0.5, 0.6) is 0 Å². The van der Waals surface area contributed by atoms with Crippen LogP contribution in [0.1, 0.15) is 49.9 Å². The van der Waals surface area contributed by atoms with Crippen LogP contribution in [0, 0.1) is 11.8 Å². The number of fused-ring (bicyclic) bond motifs is 2. The van der Waals surface area contributed by atoms with E-state index < -0.39 is 11.8 Å². The number of aromatic nitrogens is 5. The fourth-order valence-corrected chi connectivity index (χ4v) is 6.15. The summed E-state index contributed by atoms with van der Waals surface area (Å²) in [6.07, 6.45) is 10.3. The number of aromatic amines is 2. The first kappa shape index (κ1) is 24.5. The Balaban J connectivity index is 1.21. The van der Waals surface area contributed by atoms with Gasteiger partial charge in [-0.15, -0.1) is 0 Å². The molecule has 0 unspecified atom stereocenters. The van der Waals surface area contributed by atoms with Crippen molar-refractivity contribution in [1.29, 1.82) is 0 Å². The van der Waals surface area contributed by atoms with Gasteiger partial charge in [-0.1, -0.05) is 19.1 Å². The van der Waals surface area contributed by atoms with Crippen molar-refractivity contribution in [3.05, 3.63) is 48.0 Å². The van der Waals surface area contributed by atoms with Gasteiger partial charge in [-0.25, -0.2) is 0 Å². The maximum Gasteiger partial charge on any atom is 0.314 e. The third kappa shape index (κ3) is 4.76. The topological polar surface area (TPSA) is 123 Å². The van der Waals surface area contributed by atoms with Crippen molar-refractivity contribution in [3.8, 4) is 0 Å². The number of pyridine rings is 1. The zero-order valence-corrected chi connectivity index (χ0v) is 21.9. The number of benzene rings is 1. The van der Waals surface area contributed by atoms with E-state index in [0.29, 0.717) is 29.6 Å². The third-order valence-electron chi connectivity index (χ3n) is 8.14. The Morgan fingerprint density at radius 1 is 1.16 bits per heavy atom. The quantitative estimate of drug-likeness (QED) is 0.357. The van der Waals surface area contributed by atoms with Crippen LogP contribution < -0.4 is 5.32 Å². The first-order valence-electron chi connectivity index (χ1n) is 13.5. The number of likely N-dealkylation sites (tertiary alicyclic amines) is 2. The number of piperidine rings is 2. The summed E-state index contributed by atoms with van der Waals surface area (Å²) in [7, 11) is 2.16. The van der Waals surface area contributed by atoms with Crippen molar-refractivity contribution in [1.82, 2.24) is 35.2 Å². The monoisotopic (exact) mass is 514 g/mol. The van der Waals surface area contributed by atoms with Crippen molar-refractivity contribution in [2.75, 3.05) is 32.0 Å². The molecular weight excluding hydrogens is 480 g/mol. The van der Waals surface area contributed by atoms with Gasteiger partial charge in [0, 0.05) is 30.1 Å². The summed E-state index contributed by atoms with van der Waals surface area (Å²) in [4.78, 5) is 35.6. The first-order valence-corrected chi connectivity index (χ1v) is 13.5. The molecule has 3 N–H and O–H groups in total. The lowest BCUT2D eigenvalue weighted by Crippen LogP contribution is -2.46. The highest BCUT2D eigenvalue weighted by Crippen LogP contribution is 2.35. The summed E-state index contributed by atoms with van der Waals surface area (Å²) in [6, 6.07) is 5.86. The molecule has 3 aromatic heterocycles. The van der Waals surface area contributed by atoms with Crippen molar-refractivity contribution in [2.45, 2.75) is 45.1 Å². The molecule has 3 atom stereocenters. The largest absolute Gasteiger partial charge is 0.327 e. The number of nitrogens with one attached hydrogen (secondary N) is 3. The average Bonchev–Trinajstić information content (AvgIpc) is 3.59. The molecule has 0 aliphatic carbocycles. The fraction of sp³-hybridized carbons (Fsp3) is 0.464. The van der Waals surface area contributed by atoms with E-state index in [1.54, 1.807) is 17.3 Å². The zero-order chi connectivity index (χ0) is 26.2. The number of hydrogen-bond acceptors (Lipinski definition) is 6. The van der Waals surface area contributed by atoms with Crippen LogP contribution in [0.15, 0.2) is 36.8 Å². The molecule has 0 spiro atoms. The Morgan fingerprint density at radius 2 is 2.05 bits per heavy atom. The molecule has 5 heterocycles. The van der Waals surface area contributed by atoms with E-state index in [4.69, 9.17) is 4.98 Å². The van der Waals surface area contributed by atoms with Crippen molar-refractivity contribution in [2.24, 2.45) is 11.8 Å². The molecule has 2 fully saturated rings. The second-order valence-electron chi connectivity index (χ2n) is 11.1. The number of rotatable bonds is 4. The van der Waals surface area contributed by atoms with Gasteiger partial charge in [-0.05, 0) is 69.2 Å². The second-order valence-corrected chi connectivity index (χ2v) is 11.1. The van der Waals surface area contributed by atoms with Gasteiger partial charge in [0.15, 0.2) is 0 Å². The number of H-pyrrole nitrogens is 2. The Morgan fingerprint density at radius 3 is 2.92 bits per heavy atom. The van der Waals surface area contributed by atoms with Gasteiger partial charge in [0.05, 0.1) is 40.9 Å². The van der Waals surface area contributed by atoms with Crippen LogP contribution in [0.3, 0.4) is 0 Å². The van der Waals surface area contributed by atoms with Gasteiger partial charge in [-0.2, -0.15) is 10.2 Å². The van der Waals surface area contributed by atoms with E-state index in [2.05, 4.69) is 44.6 Å². The molecule has 1 aromatic carbocycles. The molecule has 0 radical (unpaired) electrons. The molecule has 10 nitrogen and oxygen atoms in total. The van der Waals surface area contributed by atoms with E-state index in [1.807, 2.05) is 24.4 Å². The van der Waals surface area contributed by atoms with Crippen LogP contribution in [-0.2, 0) is 16.0 Å². The highest BCUT2D eigenvalue weighted by molar-refractivity contribution is 6.40. The Labute approximate surface area is 221 Å². The summed E-state index contributed by atoms with van der Waals surface area (Å²) < 4.78 is 0. The number of hydrogen-bond donors (Lipinski definition) is 3. The second kappa shape index (κ2) is 10.2. The number of carbonyl (C=O) groups excluding carboxylic acids is 2. The first-order chi connectivity index (χ1) is 18.5. The maximum absolute atomic E-state index is 13.5. The molecule has 10 heteroatoms. The van der Waals surface area contributed by atoms with Crippen molar-refractivity contribution >= 4 is 39.3 Å². The molecule has 0 bridgehead atoms. The molecule has 4 aromatic rings. The molecule has 6 rings (SSSR count). The summed E-state index contributed by atoms with van der Waals surface area (Å²) in [6.45, 7) is 4.84. The lowest BCUT2D eigenvalue weighted by molar-refractivity contribution is -0.146. The minimum Gasteiger partial charge on any atom is -0.327 e. The SMILES string of the molecule is C[C@H]1CC[C@H](c2ccc3c[nH]nc3c2)N(C(=O)C(=O)Nc2cnc(C[C@@H]3CCCN(C)C3)c3cn[nH]c23)C1. The summed E-state index contributed by atoms with van der Waals surface area (Å²) in [5.74, 6) is -0.341. The smallest absolute Gasteiger partial charge is 0.314 e. The van der Waals surface area contributed by atoms with Crippen LogP contribution in [0.4, 0.5) is 5.69 Å². The lowest BCUT2D eigenvalue weighted by atomic mass is 9.89. The number of amides is 2.